The van der Waals surface area contributed by atoms with Crippen molar-refractivity contribution in [3.05, 3.63) is 22.4 Å². The van der Waals surface area contributed by atoms with Gasteiger partial charge in [0.1, 0.15) is 0 Å². The summed E-state index contributed by atoms with van der Waals surface area (Å²) in [5, 5.41) is 13.8. The zero-order valence-electron chi connectivity index (χ0n) is 11.4. The average Bonchev–Trinajstić information content (AvgIpc) is 2.85. The number of Topliss-reactive ketones (excluding diaryl/α,β-unsaturated/α-hetero) is 1. The van der Waals surface area contributed by atoms with E-state index in [1.165, 1.54) is 11.3 Å². The first-order valence-corrected chi connectivity index (χ1v) is 7.41. The maximum atomic E-state index is 12.2. The highest BCUT2D eigenvalue weighted by Crippen LogP contribution is 2.14. The number of ketones is 1. The van der Waals surface area contributed by atoms with Crippen LogP contribution in [0, 0.1) is 5.92 Å². The smallest absolute Gasteiger partial charge is 0.303 e. The summed E-state index contributed by atoms with van der Waals surface area (Å²) in [6.45, 7) is 4.98. The van der Waals surface area contributed by atoms with E-state index in [9.17, 15) is 9.59 Å². The van der Waals surface area contributed by atoms with Crippen LogP contribution in [-0.4, -0.2) is 29.4 Å². The second kappa shape index (κ2) is 8.07. The number of nitrogens with one attached hydrogen (secondary N) is 1. The molecular weight excluding hydrogens is 262 g/mol. The molecule has 0 spiro atoms. The lowest BCUT2D eigenvalue weighted by atomic mass is 10.0. The summed E-state index contributed by atoms with van der Waals surface area (Å²) < 4.78 is 0. The molecule has 0 aliphatic carbocycles. The number of aliphatic carboxylic acids is 1. The number of carboxylic acid groups (broad SMARTS) is 1. The van der Waals surface area contributed by atoms with Gasteiger partial charge in [-0.3, -0.25) is 9.59 Å². The van der Waals surface area contributed by atoms with Crippen LogP contribution in [-0.2, 0) is 4.79 Å². The SMILES string of the molecule is CC(C)CCNC(CCC(=O)O)C(=O)c1cccs1. The summed E-state index contributed by atoms with van der Waals surface area (Å²) in [4.78, 5) is 23.6. The number of rotatable bonds is 9. The van der Waals surface area contributed by atoms with E-state index in [-0.39, 0.29) is 12.2 Å². The highest BCUT2D eigenvalue weighted by atomic mass is 32.1. The van der Waals surface area contributed by atoms with Crippen LogP contribution >= 0.6 is 11.3 Å². The molecule has 0 bridgehead atoms. The van der Waals surface area contributed by atoms with Gasteiger partial charge in [0.05, 0.1) is 10.9 Å². The standard InChI is InChI=1S/C14H21NO3S/c1-10(2)7-8-15-11(5-6-13(16)17)14(18)12-4-3-9-19-12/h3-4,9-11,15H,5-8H2,1-2H3,(H,16,17). The van der Waals surface area contributed by atoms with Crippen molar-refractivity contribution >= 4 is 23.1 Å². The van der Waals surface area contributed by atoms with Gasteiger partial charge in [0, 0.05) is 6.42 Å². The van der Waals surface area contributed by atoms with Gasteiger partial charge in [0.15, 0.2) is 5.78 Å². The minimum atomic E-state index is -0.866. The number of hydrogen-bond acceptors (Lipinski definition) is 4. The van der Waals surface area contributed by atoms with Crippen LogP contribution in [0.25, 0.3) is 0 Å². The molecule has 1 aromatic heterocycles. The molecule has 0 amide bonds. The van der Waals surface area contributed by atoms with E-state index in [0.29, 0.717) is 17.2 Å². The van der Waals surface area contributed by atoms with E-state index in [1.807, 2.05) is 11.4 Å². The van der Waals surface area contributed by atoms with E-state index in [0.717, 1.165) is 13.0 Å². The van der Waals surface area contributed by atoms with Crippen molar-refractivity contribution in [2.24, 2.45) is 5.92 Å². The third-order valence-electron chi connectivity index (χ3n) is 2.84. The largest absolute Gasteiger partial charge is 0.481 e. The molecule has 0 saturated carbocycles. The number of thiophene rings is 1. The Morgan fingerprint density at radius 3 is 2.63 bits per heavy atom. The summed E-state index contributed by atoms with van der Waals surface area (Å²) in [5.74, 6) is -0.306. The van der Waals surface area contributed by atoms with Crippen LogP contribution in [0.15, 0.2) is 17.5 Å². The molecule has 0 saturated heterocycles. The molecule has 0 aromatic carbocycles. The summed E-state index contributed by atoms with van der Waals surface area (Å²) in [7, 11) is 0. The Bertz CT molecular complexity index is 401. The van der Waals surface area contributed by atoms with E-state index in [1.54, 1.807) is 6.07 Å². The van der Waals surface area contributed by atoms with Gasteiger partial charge in [-0.15, -0.1) is 11.3 Å². The molecule has 1 rings (SSSR count). The molecule has 106 valence electrons. The lowest BCUT2D eigenvalue weighted by Gasteiger charge is -2.17. The molecule has 19 heavy (non-hydrogen) atoms. The predicted octanol–water partition coefficient (Wildman–Crippen LogP) is 2.80. The number of carbonyl (C=O) groups is 2. The van der Waals surface area contributed by atoms with Gasteiger partial charge in [-0.05, 0) is 36.8 Å². The van der Waals surface area contributed by atoms with Crippen molar-refractivity contribution in [3.63, 3.8) is 0 Å². The normalized spacial score (nSPS) is 12.6. The molecule has 1 heterocycles. The van der Waals surface area contributed by atoms with Crippen LogP contribution in [0.5, 0.6) is 0 Å². The zero-order chi connectivity index (χ0) is 14.3. The van der Waals surface area contributed by atoms with Crippen molar-refractivity contribution in [1.29, 1.82) is 0 Å². The van der Waals surface area contributed by atoms with Gasteiger partial charge >= 0.3 is 5.97 Å². The third-order valence-corrected chi connectivity index (χ3v) is 3.72. The number of carbonyl (C=O) groups excluding carboxylic acids is 1. The molecule has 1 aromatic rings. The van der Waals surface area contributed by atoms with E-state index >= 15 is 0 Å². The topological polar surface area (TPSA) is 66.4 Å². The molecule has 5 heteroatoms. The molecule has 1 atom stereocenters. The fourth-order valence-electron chi connectivity index (χ4n) is 1.73. The van der Waals surface area contributed by atoms with E-state index in [4.69, 9.17) is 5.11 Å². The molecule has 0 aliphatic heterocycles. The lowest BCUT2D eigenvalue weighted by molar-refractivity contribution is -0.137. The molecular formula is C14H21NO3S. The number of carboxylic acids is 1. The maximum Gasteiger partial charge on any atom is 0.303 e. The Morgan fingerprint density at radius 1 is 1.37 bits per heavy atom. The molecule has 1 unspecified atom stereocenters. The second-order valence-corrected chi connectivity index (χ2v) is 5.91. The number of hydrogen-bond donors (Lipinski definition) is 2. The highest BCUT2D eigenvalue weighted by Gasteiger charge is 2.21. The quantitative estimate of drug-likeness (QED) is 0.684. The van der Waals surface area contributed by atoms with Crippen molar-refractivity contribution in [2.45, 2.75) is 39.2 Å². The minimum Gasteiger partial charge on any atom is -0.481 e. The fraction of sp³-hybridized carbons (Fsp3) is 0.571. The molecule has 0 radical (unpaired) electrons. The first-order valence-electron chi connectivity index (χ1n) is 6.53. The van der Waals surface area contributed by atoms with Crippen molar-refractivity contribution in [3.8, 4) is 0 Å². The first-order chi connectivity index (χ1) is 9.00. The monoisotopic (exact) mass is 283 g/mol. The Morgan fingerprint density at radius 2 is 2.11 bits per heavy atom. The predicted molar refractivity (Wildman–Crippen MR) is 76.8 cm³/mol. The van der Waals surface area contributed by atoms with Crippen LogP contribution in [0.1, 0.15) is 42.8 Å². The molecule has 0 aliphatic rings. The average molecular weight is 283 g/mol. The Balaban J connectivity index is 2.57. The first kappa shape index (κ1) is 15.9. The van der Waals surface area contributed by atoms with Crippen molar-refractivity contribution in [2.75, 3.05) is 6.54 Å². The van der Waals surface area contributed by atoms with Gasteiger partial charge in [-0.2, -0.15) is 0 Å². The van der Waals surface area contributed by atoms with Gasteiger partial charge in [-0.1, -0.05) is 19.9 Å². The molecule has 0 fully saturated rings. The molecule has 2 N–H and O–H groups in total. The third kappa shape index (κ3) is 5.98. The van der Waals surface area contributed by atoms with Crippen LogP contribution < -0.4 is 5.32 Å². The summed E-state index contributed by atoms with van der Waals surface area (Å²) >= 11 is 1.40. The van der Waals surface area contributed by atoms with E-state index in [2.05, 4.69) is 19.2 Å². The van der Waals surface area contributed by atoms with Gasteiger partial charge in [0.25, 0.3) is 0 Å². The highest BCUT2D eigenvalue weighted by molar-refractivity contribution is 7.12. The Kier molecular flexibility index (Phi) is 6.73. The van der Waals surface area contributed by atoms with Crippen molar-refractivity contribution < 1.29 is 14.7 Å². The van der Waals surface area contributed by atoms with Crippen LogP contribution in [0.2, 0.25) is 0 Å². The summed E-state index contributed by atoms with van der Waals surface area (Å²) in [6.07, 6.45) is 1.32. The van der Waals surface area contributed by atoms with Crippen LogP contribution in [0.4, 0.5) is 0 Å². The maximum absolute atomic E-state index is 12.2. The summed E-state index contributed by atoms with van der Waals surface area (Å²) in [6, 6.07) is 3.22. The fourth-order valence-corrected chi connectivity index (χ4v) is 2.45. The zero-order valence-corrected chi connectivity index (χ0v) is 12.2. The molecule has 4 nitrogen and oxygen atoms in total. The lowest BCUT2D eigenvalue weighted by Crippen LogP contribution is -2.38. The Labute approximate surface area is 117 Å². The minimum absolute atomic E-state index is 0.00000567. The Hall–Kier alpha value is -1.20. The summed E-state index contributed by atoms with van der Waals surface area (Å²) in [5.41, 5.74) is 0. The van der Waals surface area contributed by atoms with Crippen molar-refractivity contribution in [1.82, 2.24) is 5.32 Å². The van der Waals surface area contributed by atoms with Gasteiger partial charge in [-0.25, -0.2) is 0 Å². The van der Waals surface area contributed by atoms with E-state index < -0.39 is 12.0 Å². The second-order valence-electron chi connectivity index (χ2n) is 4.96. The van der Waals surface area contributed by atoms with Gasteiger partial charge in [0.2, 0.25) is 0 Å². The van der Waals surface area contributed by atoms with Gasteiger partial charge < -0.3 is 10.4 Å². The van der Waals surface area contributed by atoms with Crippen LogP contribution in [0.3, 0.4) is 0 Å².